The summed E-state index contributed by atoms with van der Waals surface area (Å²) in [6.07, 6.45) is 3.10. The molecular weight excluding hydrogens is 514 g/mol. The second kappa shape index (κ2) is 12.0. The number of nitrogens with one attached hydrogen (secondary N) is 1. The molecule has 8 nitrogen and oxygen atoms in total. The zero-order valence-electron chi connectivity index (χ0n) is 22.4. The zero-order valence-corrected chi connectivity index (χ0v) is 23.3. The lowest BCUT2D eigenvalue weighted by Crippen LogP contribution is -2.38. The molecule has 3 aliphatic rings. The van der Waals surface area contributed by atoms with Gasteiger partial charge >= 0.3 is 5.97 Å². The number of fused-ring (bicyclic) bond motifs is 1. The highest BCUT2D eigenvalue weighted by molar-refractivity contribution is 8.16. The van der Waals surface area contributed by atoms with Gasteiger partial charge in [-0.05, 0) is 53.8 Å². The Bertz CT molecular complexity index is 1330. The van der Waals surface area contributed by atoms with Gasteiger partial charge < -0.3 is 24.4 Å². The molecule has 0 bridgehead atoms. The quantitative estimate of drug-likeness (QED) is 0.381. The van der Waals surface area contributed by atoms with Crippen LogP contribution in [0, 0.1) is 5.92 Å². The predicted octanol–water partition coefficient (Wildman–Crippen LogP) is 5.33. The summed E-state index contributed by atoms with van der Waals surface area (Å²) in [6.45, 7) is 3.07. The van der Waals surface area contributed by atoms with E-state index >= 15 is 0 Å². The number of amidine groups is 1. The van der Waals surface area contributed by atoms with Crippen molar-refractivity contribution in [2.75, 3.05) is 20.8 Å². The van der Waals surface area contributed by atoms with Crippen LogP contribution in [-0.4, -0.2) is 42.7 Å². The van der Waals surface area contributed by atoms with Crippen molar-refractivity contribution < 1.29 is 23.8 Å². The second-order valence-corrected chi connectivity index (χ2v) is 10.5. The molecule has 2 heterocycles. The summed E-state index contributed by atoms with van der Waals surface area (Å²) in [7, 11) is 2.97. The Labute approximate surface area is 233 Å². The minimum Gasteiger partial charge on any atom is -0.493 e. The number of ether oxygens (including phenoxy) is 3. The standard InChI is InChI=1S/C30H33N3O5S/c1-4-23-27(29(35)37-3)28(33-22(18-39-30(33)32-23)15-26(34)31-16-19-10-11-19)21-12-13-24(25(14-21)36-2)38-17-20-8-6-5-7-9-20/h5-9,12-14,18-19,28H,4,10-11,15-17H2,1-3H3,(H,31,34)/t28-/m1/s1. The lowest BCUT2D eigenvalue weighted by Gasteiger charge is -2.36. The first-order chi connectivity index (χ1) is 19.0. The third kappa shape index (κ3) is 5.98. The molecule has 2 aromatic rings. The molecule has 1 N–H and O–H groups in total. The first kappa shape index (κ1) is 26.9. The molecule has 0 saturated heterocycles. The van der Waals surface area contributed by atoms with Gasteiger partial charge in [-0.25, -0.2) is 9.79 Å². The maximum absolute atomic E-state index is 13.2. The summed E-state index contributed by atoms with van der Waals surface area (Å²) in [5, 5.41) is 5.73. The van der Waals surface area contributed by atoms with Gasteiger partial charge in [-0.15, -0.1) is 0 Å². The minimum atomic E-state index is -0.533. The summed E-state index contributed by atoms with van der Waals surface area (Å²) in [5.74, 6) is 1.25. The van der Waals surface area contributed by atoms with Crippen molar-refractivity contribution in [2.45, 2.75) is 45.3 Å². The van der Waals surface area contributed by atoms with Crippen LogP contribution in [0.25, 0.3) is 0 Å². The second-order valence-electron chi connectivity index (χ2n) is 9.71. The molecule has 2 aliphatic heterocycles. The van der Waals surface area contributed by atoms with Crippen LogP contribution in [0.3, 0.4) is 0 Å². The maximum atomic E-state index is 13.2. The van der Waals surface area contributed by atoms with Gasteiger partial charge in [0.15, 0.2) is 16.7 Å². The van der Waals surface area contributed by atoms with E-state index in [1.165, 1.54) is 31.7 Å². The predicted molar refractivity (Wildman–Crippen MR) is 151 cm³/mol. The highest BCUT2D eigenvalue weighted by atomic mass is 32.2. The Hall–Kier alpha value is -3.72. The van der Waals surface area contributed by atoms with Crippen LogP contribution in [-0.2, 0) is 20.9 Å². The van der Waals surface area contributed by atoms with Crippen molar-refractivity contribution in [2.24, 2.45) is 10.9 Å². The topological polar surface area (TPSA) is 89.5 Å². The smallest absolute Gasteiger partial charge is 0.338 e. The van der Waals surface area contributed by atoms with Gasteiger partial charge in [-0.1, -0.05) is 55.1 Å². The average Bonchev–Trinajstić information content (AvgIpc) is 3.73. The number of esters is 1. The molecule has 1 fully saturated rings. The third-order valence-electron chi connectivity index (χ3n) is 7.00. The molecule has 5 rings (SSSR count). The summed E-state index contributed by atoms with van der Waals surface area (Å²) in [4.78, 5) is 32.7. The van der Waals surface area contributed by atoms with Crippen LogP contribution < -0.4 is 14.8 Å². The Morgan fingerprint density at radius 2 is 1.90 bits per heavy atom. The van der Waals surface area contributed by atoms with Crippen molar-refractivity contribution in [3.05, 3.63) is 82.0 Å². The van der Waals surface area contributed by atoms with Crippen LogP contribution in [0.15, 0.2) is 75.9 Å². The molecule has 0 radical (unpaired) electrons. The van der Waals surface area contributed by atoms with Gasteiger partial charge in [0, 0.05) is 12.2 Å². The molecule has 0 aromatic heterocycles. The van der Waals surface area contributed by atoms with E-state index in [-0.39, 0.29) is 12.3 Å². The number of carbonyl (C=O) groups is 2. The first-order valence-electron chi connectivity index (χ1n) is 13.2. The van der Waals surface area contributed by atoms with Gasteiger partial charge in [0.1, 0.15) is 6.61 Å². The molecule has 39 heavy (non-hydrogen) atoms. The third-order valence-corrected chi connectivity index (χ3v) is 7.89. The number of nitrogens with zero attached hydrogens (tertiary/aromatic N) is 2. The van der Waals surface area contributed by atoms with Crippen molar-refractivity contribution >= 4 is 28.8 Å². The lowest BCUT2D eigenvalue weighted by atomic mass is 9.92. The molecule has 1 saturated carbocycles. The van der Waals surface area contributed by atoms with Gasteiger partial charge in [0.25, 0.3) is 0 Å². The first-order valence-corrected chi connectivity index (χ1v) is 14.1. The van der Waals surface area contributed by atoms with Crippen LogP contribution in [0.2, 0.25) is 0 Å². The Balaban J connectivity index is 1.47. The fraction of sp³-hybridized carbons (Fsp3) is 0.367. The van der Waals surface area contributed by atoms with Gasteiger partial charge in [-0.3, -0.25) is 4.79 Å². The van der Waals surface area contributed by atoms with Crippen molar-refractivity contribution in [1.29, 1.82) is 0 Å². The summed E-state index contributed by atoms with van der Waals surface area (Å²) >= 11 is 1.46. The van der Waals surface area contributed by atoms with E-state index in [0.29, 0.717) is 48.3 Å². The molecule has 2 aromatic carbocycles. The number of rotatable bonds is 11. The lowest BCUT2D eigenvalue weighted by molar-refractivity contribution is -0.136. The van der Waals surface area contributed by atoms with Gasteiger partial charge in [-0.2, -0.15) is 0 Å². The number of amides is 1. The van der Waals surface area contributed by atoms with E-state index < -0.39 is 12.0 Å². The molecular formula is C30H33N3O5S. The van der Waals surface area contributed by atoms with Crippen molar-refractivity contribution in [1.82, 2.24) is 10.2 Å². The number of methoxy groups -OCH3 is 2. The van der Waals surface area contributed by atoms with Crippen LogP contribution in [0.4, 0.5) is 0 Å². The maximum Gasteiger partial charge on any atom is 0.338 e. The van der Waals surface area contributed by atoms with E-state index in [9.17, 15) is 9.59 Å². The fourth-order valence-electron chi connectivity index (χ4n) is 4.74. The number of thioether (sulfide) groups is 1. The Morgan fingerprint density at radius 1 is 1.10 bits per heavy atom. The highest BCUT2D eigenvalue weighted by Crippen LogP contribution is 2.46. The minimum absolute atomic E-state index is 0.0409. The molecule has 0 spiro atoms. The Morgan fingerprint density at radius 3 is 2.59 bits per heavy atom. The number of hydrogen-bond donors (Lipinski definition) is 1. The summed E-state index contributed by atoms with van der Waals surface area (Å²) < 4.78 is 17.0. The average molecular weight is 548 g/mol. The molecule has 1 amide bonds. The highest BCUT2D eigenvalue weighted by Gasteiger charge is 2.41. The number of benzene rings is 2. The Kier molecular flexibility index (Phi) is 8.26. The summed E-state index contributed by atoms with van der Waals surface area (Å²) in [6, 6.07) is 15.1. The van der Waals surface area contributed by atoms with Crippen LogP contribution >= 0.6 is 11.8 Å². The fourth-order valence-corrected chi connectivity index (χ4v) is 5.68. The SMILES string of the molecule is CCC1=C(C(=O)OC)[C@@H](c2ccc(OCc3ccccc3)c(OC)c2)N2C(CC(=O)NCC3CC3)=CSC2=N1. The van der Waals surface area contributed by atoms with E-state index in [0.717, 1.165) is 22.0 Å². The molecule has 204 valence electrons. The number of hydrogen-bond acceptors (Lipinski definition) is 8. The number of carbonyl (C=O) groups excluding carboxylic acids is 2. The zero-order chi connectivity index (χ0) is 27.4. The van der Waals surface area contributed by atoms with Gasteiger partial charge in [0.05, 0.1) is 38.0 Å². The van der Waals surface area contributed by atoms with E-state index in [1.807, 2.05) is 65.8 Å². The van der Waals surface area contributed by atoms with Crippen LogP contribution in [0.5, 0.6) is 11.5 Å². The molecule has 9 heteroatoms. The molecule has 0 unspecified atom stereocenters. The largest absolute Gasteiger partial charge is 0.493 e. The molecule has 1 atom stereocenters. The van der Waals surface area contributed by atoms with E-state index in [2.05, 4.69) is 5.32 Å². The summed E-state index contributed by atoms with van der Waals surface area (Å²) in [5.41, 5.74) is 3.77. The normalized spacial score (nSPS) is 18.2. The van der Waals surface area contributed by atoms with Crippen molar-refractivity contribution in [3.63, 3.8) is 0 Å². The van der Waals surface area contributed by atoms with Crippen LogP contribution in [0.1, 0.15) is 49.8 Å². The van der Waals surface area contributed by atoms with Gasteiger partial charge in [0.2, 0.25) is 5.91 Å². The van der Waals surface area contributed by atoms with Crippen molar-refractivity contribution in [3.8, 4) is 11.5 Å². The van der Waals surface area contributed by atoms with E-state index in [4.69, 9.17) is 19.2 Å². The molecule has 1 aliphatic carbocycles. The number of allylic oxidation sites excluding steroid dienone is 1. The number of aliphatic imine (C=N–C) groups is 1. The monoisotopic (exact) mass is 547 g/mol. The van der Waals surface area contributed by atoms with E-state index in [1.54, 1.807) is 7.11 Å².